The molecule has 0 saturated carbocycles. The van der Waals surface area contributed by atoms with Gasteiger partial charge >= 0.3 is 5.97 Å². The lowest BCUT2D eigenvalue weighted by molar-refractivity contribution is -0.143. The molecule has 1 aromatic carbocycles. The molecule has 2 heterocycles. The number of anilines is 1. The average molecular weight is 419 g/mol. The molecular formula is C20H25N3O7. The smallest absolute Gasteiger partial charge is 0.326 e. The van der Waals surface area contributed by atoms with Gasteiger partial charge in [-0.2, -0.15) is 0 Å². The van der Waals surface area contributed by atoms with Crippen molar-refractivity contribution >= 4 is 29.4 Å². The third-order valence-electron chi connectivity index (χ3n) is 5.15. The molecule has 3 unspecified atom stereocenters. The largest absolute Gasteiger partial charge is 0.480 e. The van der Waals surface area contributed by atoms with Crippen LogP contribution in [0.4, 0.5) is 5.69 Å². The van der Waals surface area contributed by atoms with Crippen molar-refractivity contribution in [2.24, 2.45) is 11.8 Å². The predicted octanol–water partition coefficient (Wildman–Crippen LogP) is 0.498. The van der Waals surface area contributed by atoms with Gasteiger partial charge in [-0.3, -0.25) is 14.4 Å². The highest BCUT2D eigenvalue weighted by molar-refractivity contribution is 6.01. The summed E-state index contributed by atoms with van der Waals surface area (Å²) in [7, 11) is 0. The monoisotopic (exact) mass is 419 g/mol. The molecule has 10 nitrogen and oxygen atoms in total. The molecule has 2 aliphatic rings. The molecule has 3 atom stereocenters. The number of hydrogen-bond acceptors (Lipinski definition) is 6. The van der Waals surface area contributed by atoms with Gasteiger partial charge in [0.2, 0.25) is 24.5 Å². The Hall–Kier alpha value is -3.30. The molecule has 1 aromatic rings. The summed E-state index contributed by atoms with van der Waals surface area (Å²) >= 11 is 0. The molecule has 0 radical (unpaired) electrons. The van der Waals surface area contributed by atoms with Gasteiger partial charge in [0.1, 0.15) is 12.1 Å². The van der Waals surface area contributed by atoms with Gasteiger partial charge in [-0.05, 0) is 25.0 Å². The minimum Gasteiger partial charge on any atom is -0.480 e. The second kappa shape index (κ2) is 8.60. The zero-order valence-corrected chi connectivity index (χ0v) is 17.0. The van der Waals surface area contributed by atoms with Crippen LogP contribution in [0.1, 0.15) is 27.2 Å². The van der Waals surface area contributed by atoms with Gasteiger partial charge in [0, 0.05) is 24.7 Å². The van der Waals surface area contributed by atoms with Gasteiger partial charge in [0.05, 0.1) is 5.92 Å². The van der Waals surface area contributed by atoms with Crippen molar-refractivity contribution in [3.05, 3.63) is 18.2 Å². The molecule has 2 aliphatic heterocycles. The van der Waals surface area contributed by atoms with Crippen LogP contribution in [0.3, 0.4) is 0 Å². The van der Waals surface area contributed by atoms with Crippen molar-refractivity contribution < 1.29 is 33.8 Å². The van der Waals surface area contributed by atoms with E-state index in [4.69, 9.17) is 9.47 Å². The summed E-state index contributed by atoms with van der Waals surface area (Å²) in [5, 5.41) is 14.2. The van der Waals surface area contributed by atoms with E-state index < -0.39 is 35.8 Å². The van der Waals surface area contributed by atoms with Crippen LogP contribution in [0.15, 0.2) is 18.2 Å². The van der Waals surface area contributed by atoms with Crippen LogP contribution in [-0.4, -0.2) is 54.2 Å². The van der Waals surface area contributed by atoms with E-state index in [0.717, 1.165) is 0 Å². The third kappa shape index (κ3) is 4.47. The third-order valence-corrected chi connectivity index (χ3v) is 5.15. The Morgan fingerprint density at radius 3 is 2.50 bits per heavy atom. The molecule has 1 fully saturated rings. The van der Waals surface area contributed by atoms with Crippen molar-refractivity contribution in [1.82, 2.24) is 10.6 Å². The Balaban J connectivity index is 1.59. The predicted molar refractivity (Wildman–Crippen MR) is 105 cm³/mol. The minimum atomic E-state index is -1.14. The number of ether oxygens (including phenoxy) is 2. The molecule has 30 heavy (non-hydrogen) atoms. The summed E-state index contributed by atoms with van der Waals surface area (Å²) in [6.45, 7) is 5.12. The number of nitrogens with zero attached hydrogens (tertiary/aromatic N) is 1. The maximum atomic E-state index is 12.6. The van der Waals surface area contributed by atoms with Crippen molar-refractivity contribution in [2.45, 2.75) is 39.3 Å². The van der Waals surface area contributed by atoms with Crippen LogP contribution >= 0.6 is 0 Å². The molecule has 3 amide bonds. The normalized spacial score (nSPS) is 19.5. The standard InChI is InChI=1S/C20H25N3O7/c1-10(2)17(20(27)28)22-18(25)11(3)21-19(26)12-6-16(24)23(8-12)13-4-5-14-15(7-13)30-9-29-14/h4-5,7,10-12,17H,6,8-9H2,1-3H3,(H,21,26)(H,22,25)(H,27,28). The van der Waals surface area contributed by atoms with Gasteiger partial charge in [-0.1, -0.05) is 13.8 Å². The first-order valence-corrected chi connectivity index (χ1v) is 9.71. The molecular weight excluding hydrogens is 394 g/mol. The highest BCUT2D eigenvalue weighted by Crippen LogP contribution is 2.37. The SMILES string of the molecule is CC(NC(=O)C1CC(=O)N(c2ccc3c(c2)OCO3)C1)C(=O)NC(C(=O)O)C(C)C. The second-order valence-corrected chi connectivity index (χ2v) is 7.74. The van der Waals surface area contributed by atoms with E-state index in [-0.39, 0.29) is 31.6 Å². The zero-order chi connectivity index (χ0) is 22.0. The number of aliphatic carboxylic acids is 1. The maximum Gasteiger partial charge on any atom is 0.326 e. The molecule has 3 N–H and O–H groups in total. The first-order valence-electron chi connectivity index (χ1n) is 9.71. The maximum absolute atomic E-state index is 12.6. The summed E-state index contributed by atoms with van der Waals surface area (Å²) in [6, 6.07) is 3.13. The Kier molecular flexibility index (Phi) is 6.14. The van der Waals surface area contributed by atoms with E-state index in [1.165, 1.54) is 11.8 Å². The quantitative estimate of drug-likeness (QED) is 0.586. The lowest BCUT2D eigenvalue weighted by Crippen LogP contribution is -2.52. The number of hydrogen-bond donors (Lipinski definition) is 3. The number of carbonyl (C=O) groups is 4. The number of fused-ring (bicyclic) bond motifs is 1. The highest BCUT2D eigenvalue weighted by atomic mass is 16.7. The summed E-state index contributed by atoms with van der Waals surface area (Å²) in [5.74, 6) is -2.19. The van der Waals surface area contributed by atoms with Gasteiger partial charge in [0.15, 0.2) is 11.5 Å². The minimum absolute atomic E-state index is 0.0123. The van der Waals surface area contributed by atoms with E-state index in [9.17, 15) is 24.3 Å². The summed E-state index contributed by atoms with van der Waals surface area (Å²) < 4.78 is 10.6. The van der Waals surface area contributed by atoms with E-state index in [1.54, 1.807) is 32.0 Å². The summed E-state index contributed by atoms with van der Waals surface area (Å²) in [5.41, 5.74) is 0.603. The number of amides is 3. The fourth-order valence-corrected chi connectivity index (χ4v) is 3.37. The second-order valence-electron chi connectivity index (χ2n) is 7.74. The lowest BCUT2D eigenvalue weighted by Gasteiger charge is -2.22. The van der Waals surface area contributed by atoms with Crippen LogP contribution in [0.5, 0.6) is 11.5 Å². The van der Waals surface area contributed by atoms with E-state index in [0.29, 0.717) is 17.2 Å². The van der Waals surface area contributed by atoms with E-state index in [1.807, 2.05) is 0 Å². The molecule has 0 aliphatic carbocycles. The van der Waals surface area contributed by atoms with Crippen LogP contribution in [0.25, 0.3) is 0 Å². The molecule has 10 heteroatoms. The molecule has 0 spiro atoms. The Morgan fingerprint density at radius 1 is 1.13 bits per heavy atom. The van der Waals surface area contributed by atoms with Crippen molar-refractivity contribution in [1.29, 1.82) is 0 Å². The summed E-state index contributed by atoms with van der Waals surface area (Å²) in [6.07, 6.45) is 0.0123. The molecule has 162 valence electrons. The molecule has 3 rings (SSSR count). The van der Waals surface area contributed by atoms with Gasteiger partial charge < -0.3 is 30.1 Å². The van der Waals surface area contributed by atoms with Crippen LogP contribution in [0.2, 0.25) is 0 Å². The molecule has 0 aromatic heterocycles. The first-order chi connectivity index (χ1) is 14.2. The van der Waals surface area contributed by atoms with E-state index in [2.05, 4.69) is 10.6 Å². The summed E-state index contributed by atoms with van der Waals surface area (Å²) in [4.78, 5) is 50.0. The van der Waals surface area contributed by atoms with Crippen molar-refractivity contribution in [3.8, 4) is 11.5 Å². The fraction of sp³-hybridized carbons (Fsp3) is 0.500. The average Bonchev–Trinajstić information content (AvgIpc) is 3.30. The van der Waals surface area contributed by atoms with Crippen molar-refractivity contribution in [2.75, 3.05) is 18.2 Å². The van der Waals surface area contributed by atoms with Crippen LogP contribution in [-0.2, 0) is 19.2 Å². The van der Waals surface area contributed by atoms with Gasteiger partial charge in [-0.15, -0.1) is 0 Å². The number of carboxylic acid groups (broad SMARTS) is 1. The lowest BCUT2D eigenvalue weighted by atomic mass is 10.0. The topological polar surface area (TPSA) is 134 Å². The number of rotatable bonds is 7. The first kappa shape index (κ1) is 21.4. The van der Waals surface area contributed by atoms with Gasteiger partial charge in [-0.25, -0.2) is 4.79 Å². The Labute approximate surface area is 173 Å². The van der Waals surface area contributed by atoms with Crippen molar-refractivity contribution in [3.63, 3.8) is 0 Å². The Bertz CT molecular complexity index is 870. The number of carboxylic acids is 1. The number of nitrogens with one attached hydrogen (secondary N) is 2. The van der Waals surface area contributed by atoms with Gasteiger partial charge in [0.25, 0.3) is 0 Å². The number of benzene rings is 1. The number of carbonyl (C=O) groups excluding carboxylic acids is 3. The zero-order valence-electron chi connectivity index (χ0n) is 17.0. The van der Waals surface area contributed by atoms with Crippen LogP contribution < -0.4 is 25.0 Å². The fourth-order valence-electron chi connectivity index (χ4n) is 3.37. The highest BCUT2D eigenvalue weighted by Gasteiger charge is 2.37. The molecule has 1 saturated heterocycles. The Morgan fingerprint density at radius 2 is 1.83 bits per heavy atom. The van der Waals surface area contributed by atoms with Crippen LogP contribution in [0, 0.1) is 11.8 Å². The molecule has 0 bridgehead atoms. The van der Waals surface area contributed by atoms with E-state index >= 15 is 0 Å².